The number of rotatable bonds is 4. The third-order valence-corrected chi connectivity index (χ3v) is 8.20. The first-order chi connectivity index (χ1) is 15.4. The van der Waals surface area contributed by atoms with E-state index in [1.807, 2.05) is 22.9 Å². The van der Waals surface area contributed by atoms with E-state index in [0.29, 0.717) is 25.2 Å². The maximum Gasteiger partial charge on any atom is 0.243 e. The predicted molar refractivity (Wildman–Crippen MR) is 115 cm³/mol. The number of nitrogens with zero attached hydrogens (tertiary/aromatic N) is 5. The normalized spacial score (nSPS) is 18.7. The van der Waals surface area contributed by atoms with Gasteiger partial charge in [-0.1, -0.05) is 6.07 Å². The lowest BCUT2D eigenvalue weighted by Crippen LogP contribution is -2.54. The van der Waals surface area contributed by atoms with E-state index in [-0.39, 0.29) is 30.3 Å². The minimum atomic E-state index is -3.81. The number of piperidine rings is 1. The Kier molecular flexibility index (Phi) is 5.06. The van der Waals surface area contributed by atoms with Crippen LogP contribution in [0.4, 0.5) is 10.2 Å². The van der Waals surface area contributed by atoms with E-state index in [4.69, 9.17) is 0 Å². The number of aromatic nitrogens is 3. The van der Waals surface area contributed by atoms with Crippen LogP contribution in [0.3, 0.4) is 0 Å². The number of fused-ring (bicyclic) bond motifs is 2. The molecule has 0 atom stereocenters. The average molecular weight is 456 g/mol. The van der Waals surface area contributed by atoms with Crippen LogP contribution in [0.5, 0.6) is 0 Å². The summed E-state index contributed by atoms with van der Waals surface area (Å²) in [6.45, 7) is 0.884. The van der Waals surface area contributed by atoms with Gasteiger partial charge in [0.2, 0.25) is 15.9 Å². The van der Waals surface area contributed by atoms with Crippen LogP contribution >= 0.6 is 0 Å². The van der Waals surface area contributed by atoms with Gasteiger partial charge >= 0.3 is 0 Å². The van der Waals surface area contributed by atoms with Gasteiger partial charge in [0.1, 0.15) is 11.6 Å². The minimum absolute atomic E-state index is 0.0174. The Balaban J connectivity index is 1.39. The molecule has 1 fully saturated rings. The van der Waals surface area contributed by atoms with Crippen molar-refractivity contribution in [3.63, 3.8) is 0 Å². The zero-order chi connectivity index (χ0) is 22.3. The van der Waals surface area contributed by atoms with Gasteiger partial charge in [-0.2, -0.15) is 9.40 Å². The SMILES string of the molecule is O=C1CC2(CCN(S(=O)(=O)c3cccc(F)c3)CC2)n2nccc2N1Cc1ccncc1. The van der Waals surface area contributed by atoms with E-state index >= 15 is 0 Å². The van der Waals surface area contributed by atoms with Crippen LogP contribution in [-0.2, 0) is 26.9 Å². The second-order valence-electron chi connectivity index (χ2n) is 8.20. The fraction of sp³-hybridized carbons (Fsp3) is 0.318. The van der Waals surface area contributed by atoms with Gasteiger partial charge in [-0.25, -0.2) is 17.5 Å². The van der Waals surface area contributed by atoms with Crippen molar-refractivity contribution in [3.8, 4) is 0 Å². The second-order valence-corrected chi connectivity index (χ2v) is 10.1. The van der Waals surface area contributed by atoms with Crippen molar-refractivity contribution in [1.29, 1.82) is 0 Å². The molecule has 2 aliphatic heterocycles. The predicted octanol–water partition coefficient (Wildman–Crippen LogP) is 2.53. The van der Waals surface area contributed by atoms with Crippen molar-refractivity contribution in [3.05, 3.63) is 72.4 Å². The lowest BCUT2D eigenvalue weighted by molar-refractivity contribution is -0.122. The smallest absolute Gasteiger partial charge is 0.243 e. The molecule has 0 radical (unpaired) electrons. The number of pyridine rings is 1. The third-order valence-electron chi connectivity index (χ3n) is 6.31. The Bertz CT molecular complexity index is 1250. The Morgan fingerprint density at radius 3 is 2.50 bits per heavy atom. The van der Waals surface area contributed by atoms with Gasteiger partial charge in [0.15, 0.2) is 0 Å². The quantitative estimate of drug-likeness (QED) is 0.603. The molecule has 2 aromatic heterocycles. The molecule has 0 bridgehead atoms. The number of hydrogen-bond acceptors (Lipinski definition) is 5. The number of halogens is 1. The Morgan fingerprint density at radius 1 is 1.03 bits per heavy atom. The molecule has 1 amide bonds. The van der Waals surface area contributed by atoms with Crippen LogP contribution in [0.2, 0.25) is 0 Å². The number of anilines is 1. The summed E-state index contributed by atoms with van der Waals surface area (Å²) in [6.07, 6.45) is 6.20. The standard InChI is InChI=1S/C22H22FN5O3S/c23-18-2-1-3-19(14-18)32(30,31)26-12-7-22(8-13-26)15-21(29)27(20-6-11-25-28(20)22)16-17-4-9-24-10-5-17/h1-6,9-11,14H,7-8,12-13,15-16H2. The average Bonchev–Trinajstić information content (AvgIpc) is 3.29. The van der Waals surface area contributed by atoms with Crippen LogP contribution in [0, 0.1) is 5.82 Å². The first-order valence-corrected chi connectivity index (χ1v) is 11.8. The van der Waals surface area contributed by atoms with E-state index in [1.165, 1.54) is 22.5 Å². The molecule has 1 saturated heterocycles. The zero-order valence-electron chi connectivity index (χ0n) is 17.3. The number of hydrogen-bond donors (Lipinski definition) is 0. The lowest BCUT2D eigenvalue weighted by Gasteiger charge is -2.46. The summed E-state index contributed by atoms with van der Waals surface area (Å²) < 4.78 is 42.8. The van der Waals surface area contributed by atoms with Crippen LogP contribution in [-0.4, -0.2) is 46.5 Å². The first-order valence-electron chi connectivity index (χ1n) is 10.4. The number of amides is 1. The molecule has 166 valence electrons. The van der Waals surface area contributed by atoms with Crippen LogP contribution in [0.15, 0.2) is 66.0 Å². The van der Waals surface area contributed by atoms with Gasteiger partial charge in [0.25, 0.3) is 0 Å². The van der Waals surface area contributed by atoms with Crippen molar-refractivity contribution in [2.45, 2.75) is 36.2 Å². The van der Waals surface area contributed by atoms with Crippen molar-refractivity contribution < 1.29 is 17.6 Å². The molecule has 0 unspecified atom stereocenters. The van der Waals surface area contributed by atoms with Crippen molar-refractivity contribution >= 4 is 21.7 Å². The highest BCUT2D eigenvalue weighted by atomic mass is 32.2. The van der Waals surface area contributed by atoms with E-state index < -0.39 is 21.4 Å². The highest BCUT2D eigenvalue weighted by Gasteiger charge is 2.47. The van der Waals surface area contributed by atoms with E-state index in [2.05, 4.69) is 10.1 Å². The molecule has 10 heteroatoms. The molecule has 0 N–H and O–H groups in total. The summed E-state index contributed by atoms with van der Waals surface area (Å²) in [6, 6.07) is 10.6. The van der Waals surface area contributed by atoms with Crippen LogP contribution < -0.4 is 4.90 Å². The monoisotopic (exact) mass is 455 g/mol. The molecular weight excluding hydrogens is 433 g/mol. The molecule has 2 aliphatic rings. The van der Waals surface area contributed by atoms with Gasteiger partial charge in [-0.15, -0.1) is 0 Å². The molecule has 3 aromatic rings. The number of sulfonamides is 1. The summed E-state index contributed by atoms with van der Waals surface area (Å²) in [5, 5.41) is 4.51. The summed E-state index contributed by atoms with van der Waals surface area (Å²) in [4.78, 5) is 18.8. The summed E-state index contributed by atoms with van der Waals surface area (Å²) in [5.41, 5.74) is 0.395. The maximum absolute atomic E-state index is 13.6. The van der Waals surface area contributed by atoms with Crippen LogP contribution in [0.1, 0.15) is 24.8 Å². The molecule has 5 rings (SSSR count). The molecule has 0 aliphatic carbocycles. The third kappa shape index (κ3) is 3.49. The highest BCUT2D eigenvalue weighted by Crippen LogP contribution is 2.42. The molecule has 1 aromatic carbocycles. The minimum Gasteiger partial charge on any atom is -0.292 e. The Labute approximate surface area is 185 Å². The van der Waals surface area contributed by atoms with E-state index in [0.717, 1.165) is 11.6 Å². The molecule has 0 saturated carbocycles. The van der Waals surface area contributed by atoms with Gasteiger partial charge < -0.3 is 0 Å². The number of carbonyl (C=O) groups is 1. The zero-order valence-corrected chi connectivity index (χ0v) is 18.1. The van der Waals surface area contributed by atoms with Gasteiger partial charge in [0.05, 0.1) is 29.6 Å². The molecular formula is C22H22FN5O3S. The molecule has 32 heavy (non-hydrogen) atoms. The first kappa shape index (κ1) is 20.8. The summed E-state index contributed by atoms with van der Waals surface area (Å²) >= 11 is 0. The topological polar surface area (TPSA) is 88.4 Å². The Hall–Kier alpha value is -3.11. The van der Waals surface area contributed by atoms with E-state index in [1.54, 1.807) is 23.5 Å². The van der Waals surface area contributed by atoms with Crippen molar-refractivity contribution in [2.24, 2.45) is 0 Å². The molecule has 8 nitrogen and oxygen atoms in total. The largest absolute Gasteiger partial charge is 0.292 e. The van der Waals surface area contributed by atoms with Crippen LogP contribution in [0.25, 0.3) is 0 Å². The van der Waals surface area contributed by atoms with Gasteiger partial charge in [-0.05, 0) is 48.7 Å². The maximum atomic E-state index is 13.6. The second kappa shape index (κ2) is 7.79. The molecule has 4 heterocycles. The summed E-state index contributed by atoms with van der Waals surface area (Å²) in [7, 11) is -3.81. The van der Waals surface area contributed by atoms with Gasteiger partial charge in [-0.3, -0.25) is 14.7 Å². The Morgan fingerprint density at radius 2 is 1.78 bits per heavy atom. The lowest BCUT2D eigenvalue weighted by atomic mass is 9.83. The van der Waals surface area contributed by atoms with Crippen molar-refractivity contribution in [2.75, 3.05) is 18.0 Å². The van der Waals surface area contributed by atoms with Crippen molar-refractivity contribution in [1.82, 2.24) is 19.1 Å². The number of benzene rings is 1. The molecule has 1 spiro atoms. The van der Waals surface area contributed by atoms with Gasteiger partial charge in [0, 0.05) is 31.5 Å². The fourth-order valence-corrected chi connectivity index (χ4v) is 6.07. The summed E-state index contributed by atoms with van der Waals surface area (Å²) in [5.74, 6) is 0.101. The van der Waals surface area contributed by atoms with E-state index in [9.17, 15) is 17.6 Å². The highest BCUT2D eigenvalue weighted by molar-refractivity contribution is 7.89. The number of carbonyl (C=O) groups excluding carboxylic acids is 1. The fourth-order valence-electron chi connectivity index (χ4n) is 4.59.